The van der Waals surface area contributed by atoms with Crippen molar-refractivity contribution in [1.82, 2.24) is 4.90 Å². The van der Waals surface area contributed by atoms with E-state index in [1.54, 1.807) is 11.8 Å². The predicted molar refractivity (Wildman–Crippen MR) is 72.4 cm³/mol. The smallest absolute Gasteiger partial charge is 0.308 e. The number of carbonyl (C=O) groups is 2. The van der Waals surface area contributed by atoms with Crippen LogP contribution in [-0.4, -0.2) is 35.0 Å². The van der Waals surface area contributed by atoms with E-state index < -0.39 is 11.9 Å². The Morgan fingerprint density at radius 2 is 1.72 bits per heavy atom. The Bertz CT molecular complexity index is 253. The molecule has 0 aliphatic rings. The lowest BCUT2D eigenvalue weighted by molar-refractivity contribution is -0.143. The van der Waals surface area contributed by atoms with Crippen LogP contribution in [-0.2, 0) is 9.59 Å². The van der Waals surface area contributed by atoms with Crippen LogP contribution in [0.15, 0.2) is 0 Å². The van der Waals surface area contributed by atoms with Crippen LogP contribution < -0.4 is 0 Å². The summed E-state index contributed by atoms with van der Waals surface area (Å²) in [5.74, 6) is -1.22. The number of rotatable bonds is 10. The molecule has 0 aromatic carbocycles. The third-order valence-electron chi connectivity index (χ3n) is 3.04. The molecule has 4 heteroatoms. The second-order valence-electron chi connectivity index (χ2n) is 4.89. The van der Waals surface area contributed by atoms with Crippen molar-refractivity contribution in [2.75, 3.05) is 13.1 Å². The van der Waals surface area contributed by atoms with Crippen LogP contribution in [0.5, 0.6) is 0 Å². The van der Waals surface area contributed by atoms with Gasteiger partial charge in [-0.2, -0.15) is 0 Å². The van der Waals surface area contributed by atoms with E-state index in [1.165, 1.54) is 0 Å². The van der Waals surface area contributed by atoms with Gasteiger partial charge in [0.1, 0.15) is 0 Å². The van der Waals surface area contributed by atoms with Gasteiger partial charge in [0.2, 0.25) is 5.91 Å². The molecule has 1 unspecified atom stereocenters. The topological polar surface area (TPSA) is 57.6 Å². The van der Waals surface area contributed by atoms with Crippen LogP contribution in [0.25, 0.3) is 0 Å². The summed E-state index contributed by atoms with van der Waals surface area (Å²) in [4.78, 5) is 24.6. The summed E-state index contributed by atoms with van der Waals surface area (Å²) in [7, 11) is 0. The number of carboxylic acid groups (broad SMARTS) is 1. The van der Waals surface area contributed by atoms with Crippen LogP contribution in [0.3, 0.4) is 0 Å². The van der Waals surface area contributed by atoms with E-state index in [0.29, 0.717) is 19.5 Å². The Hall–Kier alpha value is -1.06. The molecule has 0 aromatic heterocycles. The van der Waals surface area contributed by atoms with Gasteiger partial charge < -0.3 is 10.0 Å². The van der Waals surface area contributed by atoms with E-state index in [0.717, 1.165) is 32.1 Å². The highest BCUT2D eigenvalue weighted by atomic mass is 16.4. The van der Waals surface area contributed by atoms with Gasteiger partial charge in [-0.05, 0) is 12.8 Å². The van der Waals surface area contributed by atoms with Crippen molar-refractivity contribution in [1.29, 1.82) is 0 Å². The average Bonchev–Trinajstić information content (AvgIpc) is 2.34. The second kappa shape index (κ2) is 9.92. The number of carbonyl (C=O) groups excluding carboxylic acids is 1. The zero-order chi connectivity index (χ0) is 14.0. The number of aliphatic carboxylic acids is 1. The molecule has 0 spiro atoms. The van der Waals surface area contributed by atoms with Gasteiger partial charge in [0.05, 0.1) is 5.92 Å². The molecule has 106 valence electrons. The quantitative estimate of drug-likeness (QED) is 0.612. The number of hydrogen-bond acceptors (Lipinski definition) is 2. The number of hydrogen-bond donors (Lipinski definition) is 1. The molecule has 1 N–H and O–H groups in total. The summed E-state index contributed by atoms with van der Waals surface area (Å²) in [6, 6.07) is 0. The molecule has 0 saturated carbocycles. The summed E-state index contributed by atoms with van der Waals surface area (Å²) < 4.78 is 0. The van der Waals surface area contributed by atoms with Crippen molar-refractivity contribution in [3.8, 4) is 0 Å². The molecule has 0 heterocycles. The molecule has 0 radical (unpaired) electrons. The van der Waals surface area contributed by atoms with Crippen molar-refractivity contribution >= 4 is 11.9 Å². The van der Waals surface area contributed by atoms with Gasteiger partial charge in [0.15, 0.2) is 0 Å². The first-order valence-corrected chi connectivity index (χ1v) is 7.03. The molecule has 18 heavy (non-hydrogen) atoms. The van der Waals surface area contributed by atoms with Gasteiger partial charge in [-0.15, -0.1) is 0 Å². The molecular formula is C14H27NO3. The Morgan fingerprint density at radius 3 is 2.22 bits per heavy atom. The Labute approximate surface area is 110 Å². The summed E-state index contributed by atoms with van der Waals surface area (Å²) in [5.41, 5.74) is 0. The van der Waals surface area contributed by atoms with Crippen LogP contribution in [0.2, 0.25) is 0 Å². The van der Waals surface area contributed by atoms with Gasteiger partial charge >= 0.3 is 5.97 Å². The molecule has 0 fully saturated rings. The minimum atomic E-state index is -0.834. The van der Waals surface area contributed by atoms with E-state index >= 15 is 0 Å². The molecule has 4 nitrogen and oxygen atoms in total. The van der Waals surface area contributed by atoms with Gasteiger partial charge in [-0.1, -0.05) is 40.0 Å². The summed E-state index contributed by atoms with van der Waals surface area (Å²) in [6.45, 7) is 6.84. The molecule has 1 amide bonds. The zero-order valence-electron chi connectivity index (χ0n) is 11.9. The first kappa shape index (κ1) is 16.9. The third kappa shape index (κ3) is 7.30. The van der Waals surface area contributed by atoms with E-state index in [2.05, 4.69) is 13.8 Å². The van der Waals surface area contributed by atoms with Gasteiger partial charge in [0.25, 0.3) is 0 Å². The minimum absolute atomic E-state index is 0.0982. The maximum absolute atomic E-state index is 12.0. The van der Waals surface area contributed by atoms with Crippen LogP contribution in [0, 0.1) is 5.92 Å². The van der Waals surface area contributed by atoms with Crippen molar-refractivity contribution in [3.63, 3.8) is 0 Å². The monoisotopic (exact) mass is 257 g/mol. The van der Waals surface area contributed by atoms with Crippen molar-refractivity contribution in [3.05, 3.63) is 0 Å². The third-order valence-corrected chi connectivity index (χ3v) is 3.04. The molecule has 1 atom stereocenters. The predicted octanol–water partition coefficient (Wildman–Crippen LogP) is 2.92. The largest absolute Gasteiger partial charge is 0.481 e. The Morgan fingerprint density at radius 1 is 1.11 bits per heavy atom. The Kier molecular flexibility index (Phi) is 9.33. The highest BCUT2D eigenvalue weighted by molar-refractivity contribution is 5.77. The van der Waals surface area contributed by atoms with E-state index in [-0.39, 0.29) is 5.91 Å². The fourth-order valence-corrected chi connectivity index (χ4v) is 1.77. The number of unbranched alkanes of at least 4 members (excludes halogenated alkanes) is 3. The summed E-state index contributed by atoms with van der Waals surface area (Å²) >= 11 is 0. The SMILES string of the molecule is CCCCCN(CC(C)C(=O)O)C(=O)CCCC. The van der Waals surface area contributed by atoms with Crippen LogP contribution in [0.1, 0.15) is 59.3 Å². The normalized spacial score (nSPS) is 12.2. The minimum Gasteiger partial charge on any atom is -0.481 e. The lowest BCUT2D eigenvalue weighted by Crippen LogP contribution is -2.37. The summed E-state index contributed by atoms with van der Waals surface area (Å²) in [6.07, 6.45) is 5.55. The van der Waals surface area contributed by atoms with Gasteiger partial charge in [-0.3, -0.25) is 9.59 Å². The lowest BCUT2D eigenvalue weighted by Gasteiger charge is -2.24. The first-order chi connectivity index (χ1) is 8.52. The highest BCUT2D eigenvalue weighted by Gasteiger charge is 2.19. The van der Waals surface area contributed by atoms with Gasteiger partial charge in [0, 0.05) is 19.5 Å². The van der Waals surface area contributed by atoms with Crippen molar-refractivity contribution in [2.45, 2.75) is 59.3 Å². The zero-order valence-corrected chi connectivity index (χ0v) is 11.9. The Balaban J connectivity index is 4.31. The lowest BCUT2D eigenvalue weighted by atomic mass is 10.1. The molecule has 0 saturated heterocycles. The van der Waals surface area contributed by atoms with Crippen molar-refractivity contribution in [2.24, 2.45) is 5.92 Å². The molecule has 0 aromatic rings. The molecule has 0 aliphatic carbocycles. The van der Waals surface area contributed by atoms with Crippen LogP contribution >= 0.6 is 0 Å². The molecule has 0 bridgehead atoms. The second-order valence-corrected chi connectivity index (χ2v) is 4.89. The van der Waals surface area contributed by atoms with Crippen LogP contribution in [0.4, 0.5) is 0 Å². The number of amides is 1. The molecule has 0 rings (SSSR count). The van der Waals surface area contributed by atoms with E-state index in [4.69, 9.17) is 5.11 Å². The van der Waals surface area contributed by atoms with Gasteiger partial charge in [-0.25, -0.2) is 0 Å². The van der Waals surface area contributed by atoms with E-state index in [1.807, 2.05) is 0 Å². The average molecular weight is 257 g/mol. The maximum atomic E-state index is 12.0. The first-order valence-electron chi connectivity index (χ1n) is 7.03. The maximum Gasteiger partial charge on any atom is 0.308 e. The summed E-state index contributed by atoms with van der Waals surface area (Å²) in [5, 5.41) is 8.92. The van der Waals surface area contributed by atoms with Crippen molar-refractivity contribution < 1.29 is 14.7 Å². The van der Waals surface area contributed by atoms with E-state index in [9.17, 15) is 9.59 Å². The fraction of sp³-hybridized carbons (Fsp3) is 0.857. The standard InChI is InChI=1S/C14H27NO3/c1-4-6-8-10-15(11-12(3)14(17)18)13(16)9-7-5-2/h12H,4-11H2,1-3H3,(H,17,18). The number of nitrogens with zero attached hydrogens (tertiary/aromatic N) is 1. The number of carboxylic acids is 1. The molecule has 0 aliphatic heterocycles. The molecular weight excluding hydrogens is 230 g/mol. The fourth-order valence-electron chi connectivity index (χ4n) is 1.77. The highest BCUT2D eigenvalue weighted by Crippen LogP contribution is 2.08.